The largest absolute Gasteiger partial charge is 0.381 e. The second-order valence-electron chi connectivity index (χ2n) is 4.79. The average molecular weight is 306 g/mol. The summed E-state index contributed by atoms with van der Waals surface area (Å²) in [4.78, 5) is 3.82. The molecule has 0 spiro atoms. The van der Waals surface area contributed by atoms with E-state index in [1.807, 2.05) is 10.9 Å². The zero-order chi connectivity index (χ0) is 14.7. The van der Waals surface area contributed by atoms with Crippen LogP contribution in [-0.2, 0) is 4.74 Å². The maximum Gasteiger partial charge on any atom is 0.143 e. The minimum absolute atomic E-state index is 0.116. The van der Waals surface area contributed by atoms with Gasteiger partial charge in [-0.05, 0) is 12.8 Å². The highest BCUT2D eigenvalue weighted by atomic mass is 35.5. The Morgan fingerprint density at radius 2 is 2.10 bits per heavy atom. The molecule has 1 aliphatic rings. The molecule has 0 bridgehead atoms. The molecule has 0 atom stereocenters. The van der Waals surface area contributed by atoms with Crippen LogP contribution in [-0.4, -0.2) is 28.0 Å². The van der Waals surface area contributed by atoms with Crippen molar-refractivity contribution >= 4 is 11.6 Å². The molecule has 1 aliphatic heterocycles. The maximum atomic E-state index is 13.6. The van der Waals surface area contributed by atoms with E-state index in [1.54, 1.807) is 6.20 Å². The van der Waals surface area contributed by atoms with E-state index in [-0.39, 0.29) is 10.7 Å². The van der Waals surface area contributed by atoms with Crippen LogP contribution in [0.5, 0.6) is 0 Å². The van der Waals surface area contributed by atoms with Gasteiger partial charge >= 0.3 is 0 Å². The molecule has 3 heterocycles. The van der Waals surface area contributed by atoms with Crippen LogP contribution in [0.15, 0.2) is 24.7 Å². The van der Waals surface area contributed by atoms with E-state index < -0.39 is 5.82 Å². The van der Waals surface area contributed by atoms with Crippen LogP contribution < -0.4 is 0 Å². The fraction of sp³-hybridized carbons (Fsp3) is 0.333. The molecule has 0 aliphatic carbocycles. The molecule has 0 amide bonds. The first kappa shape index (κ1) is 14.1. The molecule has 4 nitrogen and oxygen atoms in total. The molecule has 0 radical (unpaired) electrons. The van der Waals surface area contributed by atoms with Gasteiger partial charge in [0, 0.05) is 31.7 Å². The van der Waals surface area contributed by atoms with Gasteiger partial charge in [0.1, 0.15) is 11.0 Å². The molecular weight excluding hydrogens is 293 g/mol. The molecule has 2 aromatic heterocycles. The van der Waals surface area contributed by atoms with Crippen molar-refractivity contribution in [1.82, 2.24) is 14.8 Å². The summed E-state index contributed by atoms with van der Waals surface area (Å²) in [5.41, 5.74) is 0.967. The quantitative estimate of drug-likeness (QED) is 0.601. The zero-order valence-electron chi connectivity index (χ0n) is 11.2. The van der Waals surface area contributed by atoms with Gasteiger partial charge < -0.3 is 4.74 Å². The van der Waals surface area contributed by atoms with Crippen molar-refractivity contribution in [3.05, 3.63) is 46.8 Å². The molecule has 6 heteroatoms. The van der Waals surface area contributed by atoms with E-state index in [2.05, 4.69) is 21.9 Å². The van der Waals surface area contributed by atoms with Gasteiger partial charge in [0.15, 0.2) is 0 Å². The fourth-order valence-electron chi connectivity index (χ4n) is 2.19. The minimum Gasteiger partial charge on any atom is -0.381 e. The Morgan fingerprint density at radius 1 is 1.29 bits per heavy atom. The Hall–Kier alpha value is -1.90. The van der Waals surface area contributed by atoms with Crippen molar-refractivity contribution in [3.8, 4) is 11.8 Å². The highest BCUT2D eigenvalue weighted by Gasteiger charge is 2.16. The average Bonchev–Trinajstić information content (AvgIpc) is 2.96. The molecule has 21 heavy (non-hydrogen) atoms. The summed E-state index contributed by atoms with van der Waals surface area (Å²) in [5, 5.41) is 4.43. The zero-order valence-corrected chi connectivity index (χ0v) is 12.0. The van der Waals surface area contributed by atoms with Gasteiger partial charge in [-0.25, -0.2) is 9.37 Å². The Balaban J connectivity index is 1.76. The van der Waals surface area contributed by atoms with Crippen LogP contribution >= 0.6 is 11.6 Å². The second kappa shape index (κ2) is 6.25. The summed E-state index contributed by atoms with van der Waals surface area (Å²) in [6.45, 7) is 1.51. The second-order valence-corrected chi connectivity index (χ2v) is 5.18. The van der Waals surface area contributed by atoms with Gasteiger partial charge in [-0.3, -0.25) is 4.68 Å². The lowest BCUT2D eigenvalue weighted by molar-refractivity contribution is 0.0662. The Labute approximate surface area is 126 Å². The monoisotopic (exact) mass is 305 g/mol. The van der Waals surface area contributed by atoms with E-state index in [0.29, 0.717) is 6.04 Å². The van der Waals surface area contributed by atoms with Crippen molar-refractivity contribution in [2.24, 2.45) is 0 Å². The number of nitrogens with zero attached hydrogens (tertiary/aromatic N) is 3. The lowest BCUT2D eigenvalue weighted by Crippen LogP contribution is -2.19. The van der Waals surface area contributed by atoms with Crippen molar-refractivity contribution in [1.29, 1.82) is 0 Å². The first-order valence-electron chi connectivity index (χ1n) is 6.67. The van der Waals surface area contributed by atoms with Gasteiger partial charge in [-0.1, -0.05) is 23.4 Å². The predicted octanol–water partition coefficient (Wildman–Crippen LogP) is 2.82. The van der Waals surface area contributed by atoms with Crippen LogP contribution in [0.25, 0.3) is 0 Å². The van der Waals surface area contributed by atoms with Gasteiger partial charge in [-0.2, -0.15) is 5.10 Å². The van der Waals surface area contributed by atoms with Crippen molar-refractivity contribution in [2.75, 3.05) is 13.2 Å². The highest BCUT2D eigenvalue weighted by Crippen LogP contribution is 2.20. The molecule has 3 rings (SSSR count). The Kier molecular flexibility index (Phi) is 4.18. The normalized spacial score (nSPS) is 15.5. The van der Waals surface area contributed by atoms with Gasteiger partial charge in [0.05, 0.1) is 23.4 Å². The van der Waals surface area contributed by atoms with Crippen LogP contribution in [0.3, 0.4) is 0 Å². The summed E-state index contributed by atoms with van der Waals surface area (Å²) in [5.74, 6) is 5.17. The lowest BCUT2D eigenvalue weighted by atomic mass is 10.1. The van der Waals surface area contributed by atoms with E-state index >= 15 is 0 Å². The Bertz CT molecular complexity index is 698. The number of rotatable bonds is 1. The third-order valence-corrected chi connectivity index (χ3v) is 3.53. The van der Waals surface area contributed by atoms with Crippen molar-refractivity contribution < 1.29 is 9.13 Å². The van der Waals surface area contributed by atoms with Gasteiger partial charge in [0.2, 0.25) is 0 Å². The summed E-state index contributed by atoms with van der Waals surface area (Å²) in [7, 11) is 0. The van der Waals surface area contributed by atoms with E-state index in [0.717, 1.165) is 37.7 Å². The molecule has 0 aromatic carbocycles. The van der Waals surface area contributed by atoms with E-state index in [4.69, 9.17) is 16.3 Å². The molecule has 108 valence electrons. The number of hydrogen-bond acceptors (Lipinski definition) is 3. The first-order chi connectivity index (χ1) is 10.2. The van der Waals surface area contributed by atoms with Crippen LogP contribution in [0, 0.1) is 17.7 Å². The lowest BCUT2D eigenvalue weighted by Gasteiger charge is -2.22. The summed E-state index contributed by atoms with van der Waals surface area (Å²) >= 11 is 5.60. The fourth-order valence-corrected chi connectivity index (χ4v) is 2.34. The smallest absolute Gasteiger partial charge is 0.143 e. The molecule has 0 unspecified atom stereocenters. The number of ether oxygens (including phenoxy) is 1. The van der Waals surface area contributed by atoms with Crippen molar-refractivity contribution in [2.45, 2.75) is 18.9 Å². The molecule has 2 aromatic rings. The van der Waals surface area contributed by atoms with E-state index in [9.17, 15) is 4.39 Å². The third kappa shape index (κ3) is 3.41. The Morgan fingerprint density at radius 3 is 2.86 bits per heavy atom. The van der Waals surface area contributed by atoms with Gasteiger partial charge in [-0.15, -0.1) is 0 Å². The number of hydrogen-bond donors (Lipinski definition) is 0. The number of aromatic nitrogens is 3. The maximum absolute atomic E-state index is 13.6. The van der Waals surface area contributed by atoms with Crippen molar-refractivity contribution in [3.63, 3.8) is 0 Å². The first-order valence-corrected chi connectivity index (χ1v) is 7.05. The summed E-state index contributed by atoms with van der Waals surface area (Å²) < 4.78 is 20.8. The SMILES string of the molecule is Fc1cc(Cl)ncc1C#Cc1cnn(C2CCOCC2)c1. The molecule has 1 saturated heterocycles. The molecular formula is C15H13ClFN3O. The number of pyridine rings is 1. The van der Waals surface area contributed by atoms with Crippen LogP contribution in [0.2, 0.25) is 5.15 Å². The van der Waals surface area contributed by atoms with E-state index in [1.165, 1.54) is 6.20 Å². The highest BCUT2D eigenvalue weighted by molar-refractivity contribution is 6.29. The minimum atomic E-state index is -0.473. The number of halogens is 2. The predicted molar refractivity (Wildman–Crippen MR) is 76.5 cm³/mol. The molecule has 1 fully saturated rings. The standard InChI is InChI=1S/C15H13ClFN3O/c16-15-7-14(17)12(9-18-15)2-1-11-8-19-20(10-11)13-3-5-21-6-4-13/h7-10,13H,3-6H2. The van der Waals surface area contributed by atoms with Crippen LogP contribution in [0.1, 0.15) is 30.0 Å². The third-order valence-electron chi connectivity index (χ3n) is 3.33. The molecule has 0 saturated carbocycles. The van der Waals surface area contributed by atoms with Gasteiger partial charge in [0.25, 0.3) is 0 Å². The summed E-state index contributed by atoms with van der Waals surface area (Å²) in [6, 6.07) is 1.50. The topological polar surface area (TPSA) is 39.9 Å². The van der Waals surface area contributed by atoms with Crippen LogP contribution in [0.4, 0.5) is 4.39 Å². The summed E-state index contributed by atoms with van der Waals surface area (Å²) in [6.07, 6.45) is 6.79. The molecule has 0 N–H and O–H groups in total.